The van der Waals surface area contributed by atoms with Crippen molar-refractivity contribution >= 4 is 12.0 Å². The van der Waals surface area contributed by atoms with Crippen molar-refractivity contribution in [1.82, 2.24) is 9.47 Å². The van der Waals surface area contributed by atoms with Gasteiger partial charge in [-0.2, -0.15) is 0 Å². The van der Waals surface area contributed by atoms with E-state index in [4.69, 9.17) is 0 Å². The summed E-state index contributed by atoms with van der Waals surface area (Å²) in [6.07, 6.45) is 8.37. The van der Waals surface area contributed by atoms with Gasteiger partial charge in [0.2, 0.25) is 0 Å². The number of hydrogen-bond acceptors (Lipinski definition) is 1. The molecule has 22 heavy (non-hydrogen) atoms. The molecule has 1 saturated carbocycles. The van der Waals surface area contributed by atoms with E-state index in [1.807, 2.05) is 53.9 Å². The second-order valence-corrected chi connectivity index (χ2v) is 5.93. The number of benzene rings is 1. The molecule has 0 bridgehead atoms. The molecule has 0 unspecified atom stereocenters. The molecule has 1 heterocycles. The number of carbonyl (C=O) groups is 1. The monoisotopic (exact) mass is 294 g/mol. The van der Waals surface area contributed by atoms with Gasteiger partial charge in [0.15, 0.2) is 0 Å². The fraction of sp³-hybridized carbons (Fsp3) is 0.316. The molecule has 2 aromatic rings. The van der Waals surface area contributed by atoms with E-state index in [2.05, 4.69) is 24.3 Å². The van der Waals surface area contributed by atoms with Crippen molar-refractivity contribution in [1.29, 1.82) is 0 Å². The van der Waals surface area contributed by atoms with E-state index in [1.165, 1.54) is 5.56 Å². The quantitative estimate of drug-likeness (QED) is 0.826. The molecule has 3 nitrogen and oxygen atoms in total. The van der Waals surface area contributed by atoms with Crippen LogP contribution in [0, 0.1) is 6.92 Å². The van der Waals surface area contributed by atoms with Gasteiger partial charge in [0, 0.05) is 31.5 Å². The Morgan fingerprint density at radius 1 is 1.27 bits per heavy atom. The van der Waals surface area contributed by atoms with Crippen molar-refractivity contribution in [3.8, 4) is 0 Å². The number of aromatic nitrogens is 1. The van der Waals surface area contributed by atoms with Crippen LogP contribution in [0.4, 0.5) is 0 Å². The largest absolute Gasteiger partial charge is 0.354 e. The zero-order valence-electron chi connectivity index (χ0n) is 13.2. The van der Waals surface area contributed by atoms with Gasteiger partial charge < -0.3 is 9.47 Å². The van der Waals surface area contributed by atoms with Crippen LogP contribution >= 0.6 is 0 Å². The summed E-state index contributed by atoms with van der Waals surface area (Å²) in [5.41, 5.74) is 3.02. The van der Waals surface area contributed by atoms with Gasteiger partial charge in [0.25, 0.3) is 5.91 Å². The van der Waals surface area contributed by atoms with Gasteiger partial charge in [-0.25, -0.2) is 0 Å². The first-order valence-electron chi connectivity index (χ1n) is 7.81. The molecule has 1 aromatic heterocycles. The summed E-state index contributed by atoms with van der Waals surface area (Å²) in [7, 11) is 1.98. The van der Waals surface area contributed by atoms with Gasteiger partial charge in [-0.15, -0.1) is 0 Å². The average molecular weight is 294 g/mol. The third-order valence-corrected chi connectivity index (χ3v) is 4.27. The average Bonchev–Trinajstić information content (AvgIpc) is 3.31. The van der Waals surface area contributed by atoms with Crippen molar-refractivity contribution in [2.75, 3.05) is 6.54 Å². The number of rotatable bonds is 5. The minimum Gasteiger partial charge on any atom is -0.354 e. The first-order chi connectivity index (χ1) is 10.7. The lowest BCUT2D eigenvalue weighted by Gasteiger charge is -2.21. The van der Waals surface area contributed by atoms with Gasteiger partial charge in [0.1, 0.15) is 0 Å². The maximum absolute atomic E-state index is 12.8. The van der Waals surface area contributed by atoms with E-state index in [9.17, 15) is 4.79 Å². The predicted molar refractivity (Wildman–Crippen MR) is 89.7 cm³/mol. The topological polar surface area (TPSA) is 25.2 Å². The van der Waals surface area contributed by atoms with Crippen LogP contribution in [-0.2, 0) is 7.05 Å². The van der Waals surface area contributed by atoms with Crippen molar-refractivity contribution in [3.63, 3.8) is 0 Å². The zero-order valence-corrected chi connectivity index (χ0v) is 13.2. The second kappa shape index (κ2) is 6.22. The molecule has 3 rings (SSSR count). The fourth-order valence-corrected chi connectivity index (χ4v) is 2.64. The Morgan fingerprint density at radius 2 is 2.00 bits per heavy atom. The van der Waals surface area contributed by atoms with Gasteiger partial charge in [-0.1, -0.05) is 42.5 Å². The molecule has 1 aliphatic rings. The summed E-state index contributed by atoms with van der Waals surface area (Å²) >= 11 is 0. The summed E-state index contributed by atoms with van der Waals surface area (Å²) < 4.78 is 2.00. The number of aryl methyl sites for hydroxylation is 1. The second-order valence-electron chi connectivity index (χ2n) is 5.93. The van der Waals surface area contributed by atoms with E-state index in [-0.39, 0.29) is 5.91 Å². The Balaban J connectivity index is 1.72. The molecule has 0 atom stereocenters. The summed E-state index contributed by atoms with van der Waals surface area (Å²) in [5.74, 6) is 0.151. The Kier molecular flexibility index (Phi) is 4.14. The van der Waals surface area contributed by atoms with Gasteiger partial charge >= 0.3 is 0 Å². The minimum absolute atomic E-state index is 0.151. The van der Waals surface area contributed by atoms with Gasteiger partial charge in [0.05, 0.1) is 5.56 Å². The number of carbonyl (C=O) groups excluding carboxylic acids is 1. The van der Waals surface area contributed by atoms with Crippen molar-refractivity contribution in [3.05, 3.63) is 65.5 Å². The third-order valence-electron chi connectivity index (χ3n) is 4.27. The summed E-state index contributed by atoms with van der Waals surface area (Å²) in [6.45, 7) is 2.67. The minimum atomic E-state index is 0.151. The van der Waals surface area contributed by atoms with Crippen LogP contribution in [0.15, 0.2) is 48.7 Å². The lowest BCUT2D eigenvalue weighted by molar-refractivity contribution is 0.0762. The SMILES string of the molecule is Cc1c(C(=O)N(CC=Cc2ccccc2)C2CC2)ccn1C. The lowest BCUT2D eigenvalue weighted by atomic mass is 10.2. The molecule has 1 aromatic carbocycles. The molecule has 0 N–H and O–H groups in total. The van der Waals surface area contributed by atoms with Crippen LogP contribution in [0.5, 0.6) is 0 Å². The molecule has 0 saturated heterocycles. The van der Waals surface area contributed by atoms with Gasteiger partial charge in [-0.3, -0.25) is 4.79 Å². The fourth-order valence-electron chi connectivity index (χ4n) is 2.64. The molecule has 0 aliphatic heterocycles. The Labute approximate surface area is 131 Å². The first kappa shape index (κ1) is 14.6. The van der Waals surface area contributed by atoms with E-state index in [0.29, 0.717) is 12.6 Å². The maximum Gasteiger partial charge on any atom is 0.256 e. The molecule has 114 valence electrons. The van der Waals surface area contributed by atoms with Crippen molar-refractivity contribution < 1.29 is 4.79 Å². The third kappa shape index (κ3) is 3.14. The summed E-state index contributed by atoms with van der Waals surface area (Å²) in [6, 6.07) is 12.5. The highest BCUT2D eigenvalue weighted by Gasteiger charge is 2.33. The Morgan fingerprint density at radius 3 is 2.59 bits per heavy atom. The van der Waals surface area contributed by atoms with Crippen LogP contribution in [0.2, 0.25) is 0 Å². The standard InChI is InChI=1S/C19H22N2O/c1-15-18(12-14-20(15)2)19(22)21(17-10-11-17)13-6-9-16-7-4-3-5-8-16/h3-9,12,14,17H,10-11,13H2,1-2H3. The highest BCUT2D eigenvalue weighted by atomic mass is 16.2. The highest BCUT2D eigenvalue weighted by Crippen LogP contribution is 2.29. The van der Waals surface area contributed by atoms with Crippen molar-refractivity contribution in [2.24, 2.45) is 7.05 Å². The summed E-state index contributed by atoms with van der Waals surface area (Å²) in [4.78, 5) is 14.8. The van der Waals surface area contributed by atoms with Crippen molar-refractivity contribution in [2.45, 2.75) is 25.8 Å². The molecule has 0 radical (unpaired) electrons. The van der Waals surface area contributed by atoms with Crippen LogP contribution in [0.25, 0.3) is 6.08 Å². The van der Waals surface area contributed by atoms with E-state index in [0.717, 1.165) is 24.1 Å². The van der Waals surface area contributed by atoms with E-state index < -0.39 is 0 Å². The lowest BCUT2D eigenvalue weighted by Crippen LogP contribution is -2.33. The molecule has 3 heteroatoms. The van der Waals surface area contributed by atoms with Crippen LogP contribution in [0.1, 0.15) is 34.5 Å². The van der Waals surface area contributed by atoms with Crippen LogP contribution < -0.4 is 0 Å². The van der Waals surface area contributed by atoms with Crippen LogP contribution in [0.3, 0.4) is 0 Å². The Hall–Kier alpha value is -2.29. The Bertz CT molecular complexity index is 681. The maximum atomic E-state index is 12.8. The number of amides is 1. The van der Waals surface area contributed by atoms with Gasteiger partial charge in [-0.05, 0) is 31.4 Å². The summed E-state index contributed by atoms with van der Waals surface area (Å²) in [5, 5.41) is 0. The smallest absolute Gasteiger partial charge is 0.256 e. The first-order valence-corrected chi connectivity index (χ1v) is 7.81. The number of hydrogen-bond donors (Lipinski definition) is 0. The molecule has 1 fully saturated rings. The predicted octanol–water partition coefficient (Wildman–Crippen LogP) is 3.65. The molecular formula is C19H22N2O. The highest BCUT2D eigenvalue weighted by molar-refractivity contribution is 5.96. The normalized spacial score (nSPS) is 14.5. The van der Waals surface area contributed by atoms with E-state index in [1.54, 1.807) is 0 Å². The molecule has 1 amide bonds. The molecular weight excluding hydrogens is 272 g/mol. The number of nitrogens with zero attached hydrogens (tertiary/aromatic N) is 2. The molecule has 0 spiro atoms. The van der Waals surface area contributed by atoms with Crippen LogP contribution in [-0.4, -0.2) is 28.0 Å². The van der Waals surface area contributed by atoms with E-state index >= 15 is 0 Å². The zero-order chi connectivity index (χ0) is 15.5. The molecule has 1 aliphatic carbocycles.